The van der Waals surface area contributed by atoms with Gasteiger partial charge in [-0.2, -0.15) is 0 Å². The molecule has 1 saturated heterocycles. The van der Waals surface area contributed by atoms with Crippen molar-refractivity contribution < 1.29 is 9.47 Å². The fraction of sp³-hybridized carbons (Fsp3) is 0.550. The molecule has 1 fully saturated rings. The molecule has 3 heterocycles. The zero-order valence-electron chi connectivity index (χ0n) is 15.4. The minimum atomic E-state index is -0.527. The molecule has 0 aliphatic carbocycles. The van der Waals surface area contributed by atoms with Gasteiger partial charge >= 0.3 is 5.69 Å². The van der Waals surface area contributed by atoms with E-state index in [2.05, 4.69) is 26.0 Å². The maximum absolute atomic E-state index is 12.9. The molecule has 5 nitrogen and oxygen atoms in total. The predicted molar refractivity (Wildman–Crippen MR) is 97.9 cm³/mol. The van der Waals surface area contributed by atoms with Crippen molar-refractivity contribution in [2.24, 2.45) is 0 Å². The van der Waals surface area contributed by atoms with Crippen LogP contribution in [0.15, 0.2) is 35.1 Å². The second kappa shape index (κ2) is 5.58. The monoisotopic (exact) mass is 342 g/mol. The lowest BCUT2D eigenvalue weighted by Gasteiger charge is -2.30. The number of imidazole rings is 1. The number of benzene rings is 1. The molecule has 0 unspecified atom stereocenters. The molecular formula is C20H26N2O3. The van der Waals surface area contributed by atoms with Gasteiger partial charge in [-0.15, -0.1) is 0 Å². The third-order valence-corrected chi connectivity index (χ3v) is 5.40. The summed E-state index contributed by atoms with van der Waals surface area (Å²) in [6.45, 7) is 10.2. The number of nitrogens with zero attached hydrogens (tertiary/aromatic N) is 2. The van der Waals surface area contributed by atoms with E-state index in [4.69, 9.17) is 9.47 Å². The summed E-state index contributed by atoms with van der Waals surface area (Å²) >= 11 is 0. The molecule has 0 bridgehead atoms. The van der Waals surface area contributed by atoms with Crippen LogP contribution in [0.25, 0.3) is 11.0 Å². The molecule has 0 amide bonds. The second-order valence-electron chi connectivity index (χ2n) is 8.15. The summed E-state index contributed by atoms with van der Waals surface area (Å²) < 4.78 is 15.1. The maximum atomic E-state index is 12.9. The highest BCUT2D eigenvalue weighted by Crippen LogP contribution is 2.36. The largest absolute Gasteiger partial charge is 0.347 e. The molecule has 5 heteroatoms. The molecule has 2 aliphatic heterocycles. The maximum Gasteiger partial charge on any atom is 0.329 e. The highest BCUT2D eigenvalue weighted by atomic mass is 16.7. The fourth-order valence-corrected chi connectivity index (χ4v) is 3.96. The lowest BCUT2D eigenvalue weighted by atomic mass is 9.79. The van der Waals surface area contributed by atoms with Crippen molar-refractivity contribution in [2.45, 2.75) is 64.5 Å². The Kier molecular flexibility index (Phi) is 3.71. The third kappa shape index (κ3) is 2.75. The van der Waals surface area contributed by atoms with E-state index in [9.17, 15) is 4.79 Å². The average molecular weight is 342 g/mol. The van der Waals surface area contributed by atoms with Crippen molar-refractivity contribution in [1.29, 1.82) is 0 Å². The van der Waals surface area contributed by atoms with Crippen molar-refractivity contribution in [2.75, 3.05) is 6.61 Å². The van der Waals surface area contributed by atoms with E-state index in [1.807, 2.05) is 41.2 Å². The summed E-state index contributed by atoms with van der Waals surface area (Å²) in [7, 11) is 0. The first-order valence-corrected chi connectivity index (χ1v) is 8.99. The first-order valence-electron chi connectivity index (χ1n) is 8.99. The van der Waals surface area contributed by atoms with Gasteiger partial charge in [0.2, 0.25) is 0 Å². The van der Waals surface area contributed by atoms with Crippen LogP contribution in [0.4, 0.5) is 0 Å². The van der Waals surface area contributed by atoms with Gasteiger partial charge in [-0.3, -0.25) is 9.13 Å². The highest BCUT2D eigenvalue weighted by Gasteiger charge is 2.32. The van der Waals surface area contributed by atoms with Gasteiger partial charge in [0.15, 0.2) is 5.79 Å². The van der Waals surface area contributed by atoms with Crippen molar-refractivity contribution in [1.82, 2.24) is 9.13 Å². The number of ether oxygens (including phenoxy) is 2. The van der Waals surface area contributed by atoms with Gasteiger partial charge in [0.1, 0.15) is 6.10 Å². The van der Waals surface area contributed by atoms with Crippen LogP contribution in [0.1, 0.15) is 39.7 Å². The van der Waals surface area contributed by atoms with Crippen LogP contribution in [-0.2, 0) is 28.0 Å². The Hall–Kier alpha value is -1.85. The molecule has 1 aromatic heterocycles. The third-order valence-electron chi connectivity index (χ3n) is 5.40. The molecule has 25 heavy (non-hydrogen) atoms. The topological polar surface area (TPSA) is 45.4 Å². The first kappa shape index (κ1) is 16.6. The van der Waals surface area contributed by atoms with E-state index in [0.717, 1.165) is 24.0 Å². The summed E-state index contributed by atoms with van der Waals surface area (Å²) in [4.78, 5) is 12.9. The number of aryl methyl sites for hydroxylation is 1. The van der Waals surface area contributed by atoms with Gasteiger partial charge in [0, 0.05) is 13.1 Å². The van der Waals surface area contributed by atoms with Crippen molar-refractivity contribution in [3.05, 3.63) is 46.4 Å². The lowest BCUT2D eigenvalue weighted by molar-refractivity contribution is -0.133. The summed E-state index contributed by atoms with van der Waals surface area (Å²) in [5.41, 5.74) is 3.56. The van der Waals surface area contributed by atoms with E-state index in [-0.39, 0.29) is 17.2 Å². The highest BCUT2D eigenvalue weighted by molar-refractivity contribution is 5.81. The van der Waals surface area contributed by atoms with Crippen LogP contribution < -0.4 is 5.69 Å². The number of allylic oxidation sites excluding steroid dienone is 1. The molecule has 1 aromatic carbocycles. The zero-order valence-corrected chi connectivity index (χ0v) is 15.4. The van der Waals surface area contributed by atoms with Crippen LogP contribution >= 0.6 is 0 Å². The van der Waals surface area contributed by atoms with E-state index in [1.54, 1.807) is 0 Å². The molecule has 134 valence electrons. The Balaban J connectivity index is 1.67. The number of hydrogen-bond donors (Lipinski definition) is 0. The summed E-state index contributed by atoms with van der Waals surface area (Å²) in [5, 5.41) is 0. The van der Waals surface area contributed by atoms with Crippen LogP contribution in [-0.4, -0.2) is 27.6 Å². The summed E-state index contributed by atoms with van der Waals surface area (Å²) in [5.74, 6) is -0.527. The minimum absolute atomic E-state index is 0.0516. The lowest BCUT2D eigenvalue weighted by Crippen LogP contribution is -2.31. The van der Waals surface area contributed by atoms with Crippen molar-refractivity contribution >= 4 is 11.0 Å². The van der Waals surface area contributed by atoms with Gasteiger partial charge in [0.25, 0.3) is 0 Å². The fourth-order valence-electron chi connectivity index (χ4n) is 3.96. The minimum Gasteiger partial charge on any atom is -0.347 e. The van der Waals surface area contributed by atoms with E-state index in [1.165, 1.54) is 5.56 Å². The number of rotatable bonds is 3. The summed E-state index contributed by atoms with van der Waals surface area (Å²) in [6, 6.07) is 6.26. The Morgan fingerprint density at radius 3 is 2.80 bits per heavy atom. The van der Waals surface area contributed by atoms with Crippen LogP contribution in [0.3, 0.4) is 0 Å². The molecule has 1 atom stereocenters. The van der Waals surface area contributed by atoms with Crippen molar-refractivity contribution in [3.63, 3.8) is 0 Å². The van der Waals surface area contributed by atoms with Gasteiger partial charge in [0.05, 0.1) is 17.6 Å². The summed E-state index contributed by atoms with van der Waals surface area (Å²) in [6.07, 6.45) is 4.94. The SMILES string of the molecule is CC1(C)OC[C@H](/C=C\Cn2c(=O)n3c4c(cccc42)C(C)(C)CC3)O1. The standard InChI is InChI=1S/C20H26N2O3/c1-19(2)10-12-22-17-15(19)8-5-9-16(17)21(18(22)23)11-6-7-14-13-24-20(3,4)25-14/h5-9,14H,10-13H2,1-4H3/b7-6-/t14-/m0/s1. The molecule has 0 radical (unpaired) electrons. The second-order valence-corrected chi connectivity index (χ2v) is 8.15. The number of para-hydroxylation sites is 1. The van der Waals surface area contributed by atoms with Gasteiger partial charge < -0.3 is 9.47 Å². The van der Waals surface area contributed by atoms with Crippen molar-refractivity contribution in [3.8, 4) is 0 Å². The number of aromatic nitrogens is 2. The molecule has 2 aliphatic rings. The molecular weight excluding hydrogens is 316 g/mol. The predicted octanol–water partition coefficient (Wildman–Crippen LogP) is 3.19. The molecule has 4 rings (SSSR count). The molecule has 2 aromatic rings. The van der Waals surface area contributed by atoms with Crippen LogP contribution in [0.2, 0.25) is 0 Å². The molecule has 0 N–H and O–H groups in total. The quantitative estimate of drug-likeness (QED) is 0.805. The van der Waals surface area contributed by atoms with Gasteiger partial charge in [-0.1, -0.05) is 38.1 Å². The molecule has 0 saturated carbocycles. The van der Waals surface area contributed by atoms with E-state index < -0.39 is 5.79 Å². The van der Waals surface area contributed by atoms with E-state index in [0.29, 0.717) is 13.2 Å². The van der Waals surface area contributed by atoms with Gasteiger partial charge in [-0.05, 0) is 37.3 Å². The van der Waals surface area contributed by atoms with Gasteiger partial charge in [-0.25, -0.2) is 4.79 Å². The Labute approximate surface area is 147 Å². The van der Waals surface area contributed by atoms with E-state index >= 15 is 0 Å². The average Bonchev–Trinajstić information content (AvgIpc) is 3.02. The Bertz CT molecular complexity index is 902. The normalized spacial score (nSPS) is 24.4. The number of hydrogen-bond acceptors (Lipinski definition) is 3. The van der Waals surface area contributed by atoms with Crippen LogP contribution in [0, 0.1) is 0 Å². The van der Waals surface area contributed by atoms with Crippen LogP contribution in [0.5, 0.6) is 0 Å². The smallest absolute Gasteiger partial charge is 0.329 e. The Morgan fingerprint density at radius 1 is 1.28 bits per heavy atom. The zero-order chi connectivity index (χ0) is 17.8. The first-order chi connectivity index (χ1) is 11.8. The Morgan fingerprint density at radius 2 is 2.08 bits per heavy atom. The molecule has 0 spiro atoms.